The SMILES string of the molecule is COc1cccc(-c2oc(C)nc2C(=O)Nc2ccn(Cc3nc(C(C)=O)cs3)n2)c1. The number of hydrogen-bond donors (Lipinski definition) is 1. The van der Waals surface area contributed by atoms with Crippen molar-refractivity contribution in [1.82, 2.24) is 19.7 Å². The number of oxazole rings is 1. The van der Waals surface area contributed by atoms with Crippen LogP contribution in [0.2, 0.25) is 0 Å². The summed E-state index contributed by atoms with van der Waals surface area (Å²) in [5.74, 6) is 1.22. The van der Waals surface area contributed by atoms with E-state index in [9.17, 15) is 9.59 Å². The van der Waals surface area contributed by atoms with E-state index in [0.717, 1.165) is 5.01 Å². The highest BCUT2D eigenvalue weighted by Gasteiger charge is 2.21. The number of methoxy groups -OCH3 is 1. The first kappa shape index (κ1) is 20.5. The van der Waals surface area contributed by atoms with E-state index in [2.05, 4.69) is 20.4 Å². The van der Waals surface area contributed by atoms with Gasteiger partial charge in [-0.3, -0.25) is 14.3 Å². The van der Waals surface area contributed by atoms with Crippen LogP contribution in [0, 0.1) is 6.92 Å². The van der Waals surface area contributed by atoms with Crippen molar-refractivity contribution in [1.29, 1.82) is 0 Å². The zero-order valence-electron chi connectivity index (χ0n) is 17.1. The van der Waals surface area contributed by atoms with Gasteiger partial charge in [-0.05, 0) is 12.1 Å². The molecule has 0 bridgehead atoms. The summed E-state index contributed by atoms with van der Waals surface area (Å²) < 4.78 is 12.6. The molecule has 1 amide bonds. The van der Waals surface area contributed by atoms with Gasteiger partial charge in [-0.25, -0.2) is 9.97 Å². The highest BCUT2D eigenvalue weighted by atomic mass is 32.1. The summed E-state index contributed by atoms with van der Waals surface area (Å²) in [6.45, 7) is 3.55. The van der Waals surface area contributed by atoms with E-state index in [1.54, 1.807) is 48.5 Å². The average Bonchev–Trinajstić information content (AvgIpc) is 3.48. The summed E-state index contributed by atoms with van der Waals surface area (Å²) in [5, 5.41) is 9.56. The summed E-state index contributed by atoms with van der Waals surface area (Å²) in [7, 11) is 1.57. The van der Waals surface area contributed by atoms with Crippen LogP contribution in [0.25, 0.3) is 11.3 Å². The van der Waals surface area contributed by atoms with E-state index in [-0.39, 0.29) is 11.5 Å². The number of anilines is 1. The third-order valence-corrected chi connectivity index (χ3v) is 5.21. The molecule has 9 nitrogen and oxygen atoms in total. The molecule has 158 valence electrons. The largest absolute Gasteiger partial charge is 0.497 e. The lowest BCUT2D eigenvalue weighted by Gasteiger charge is -2.04. The number of aryl methyl sites for hydroxylation is 1. The first-order valence-corrected chi connectivity index (χ1v) is 10.2. The molecule has 4 rings (SSSR count). The lowest BCUT2D eigenvalue weighted by Crippen LogP contribution is -2.14. The third-order valence-electron chi connectivity index (χ3n) is 4.37. The third kappa shape index (κ3) is 4.53. The Morgan fingerprint density at radius 2 is 2.10 bits per heavy atom. The van der Waals surface area contributed by atoms with Crippen LogP contribution in [0.15, 0.2) is 46.3 Å². The molecule has 0 aliphatic carbocycles. The minimum absolute atomic E-state index is 0.0781. The number of nitrogens with one attached hydrogen (secondary N) is 1. The fourth-order valence-electron chi connectivity index (χ4n) is 2.92. The van der Waals surface area contributed by atoms with Gasteiger partial charge in [0.2, 0.25) is 0 Å². The number of hydrogen-bond acceptors (Lipinski definition) is 8. The van der Waals surface area contributed by atoms with Gasteiger partial charge in [0.25, 0.3) is 5.91 Å². The van der Waals surface area contributed by atoms with E-state index < -0.39 is 5.91 Å². The van der Waals surface area contributed by atoms with Gasteiger partial charge in [-0.2, -0.15) is 5.10 Å². The number of benzene rings is 1. The summed E-state index contributed by atoms with van der Waals surface area (Å²) in [5.41, 5.74) is 1.28. The number of rotatable bonds is 7. The van der Waals surface area contributed by atoms with Crippen molar-refractivity contribution in [3.05, 3.63) is 64.2 Å². The molecular weight excluding hydrogens is 418 g/mol. The van der Waals surface area contributed by atoms with Crippen molar-refractivity contribution in [2.45, 2.75) is 20.4 Å². The van der Waals surface area contributed by atoms with Gasteiger partial charge < -0.3 is 14.5 Å². The van der Waals surface area contributed by atoms with Crippen molar-refractivity contribution in [3.8, 4) is 17.1 Å². The number of nitrogens with zero attached hydrogens (tertiary/aromatic N) is 4. The summed E-state index contributed by atoms with van der Waals surface area (Å²) in [6, 6.07) is 8.88. The van der Waals surface area contributed by atoms with Crippen molar-refractivity contribution < 1.29 is 18.7 Å². The Hall–Kier alpha value is -3.79. The summed E-state index contributed by atoms with van der Waals surface area (Å²) in [4.78, 5) is 32.8. The maximum Gasteiger partial charge on any atom is 0.279 e. The second-order valence-electron chi connectivity index (χ2n) is 6.68. The molecule has 4 aromatic rings. The lowest BCUT2D eigenvalue weighted by atomic mass is 10.1. The molecule has 10 heteroatoms. The molecule has 1 N–H and O–H groups in total. The van der Waals surface area contributed by atoms with Gasteiger partial charge in [0.15, 0.2) is 28.9 Å². The van der Waals surface area contributed by atoms with E-state index in [0.29, 0.717) is 41.0 Å². The molecule has 0 spiro atoms. The Morgan fingerprint density at radius 3 is 2.84 bits per heavy atom. The second-order valence-corrected chi connectivity index (χ2v) is 7.62. The van der Waals surface area contributed by atoms with E-state index in [1.165, 1.54) is 18.3 Å². The van der Waals surface area contributed by atoms with Crippen LogP contribution in [0.5, 0.6) is 5.75 Å². The fourth-order valence-corrected chi connectivity index (χ4v) is 3.74. The van der Waals surface area contributed by atoms with Crippen LogP contribution in [0.4, 0.5) is 5.82 Å². The topological polar surface area (TPSA) is 112 Å². The quantitative estimate of drug-likeness (QED) is 0.437. The van der Waals surface area contributed by atoms with E-state index in [4.69, 9.17) is 9.15 Å². The van der Waals surface area contributed by atoms with Gasteiger partial charge in [0.1, 0.15) is 16.5 Å². The maximum absolute atomic E-state index is 12.9. The van der Waals surface area contributed by atoms with Crippen molar-refractivity contribution in [2.24, 2.45) is 0 Å². The van der Waals surface area contributed by atoms with Crippen LogP contribution in [0.1, 0.15) is 38.8 Å². The Kier molecular flexibility index (Phi) is 5.63. The Labute approximate surface area is 181 Å². The number of thiazole rings is 1. The van der Waals surface area contributed by atoms with Gasteiger partial charge in [0.05, 0.1) is 13.7 Å². The molecule has 1 aromatic carbocycles. The number of Topliss-reactive ketones (excluding diaryl/α,β-unsaturated/α-hetero) is 1. The second kappa shape index (κ2) is 8.52. The molecule has 0 aliphatic rings. The molecule has 3 aromatic heterocycles. The maximum atomic E-state index is 12.9. The minimum atomic E-state index is -0.437. The Morgan fingerprint density at radius 1 is 1.26 bits per heavy atom. The first-order valence-electron chi connectivity index (χ1n) is 9.35. The van der Waals surface area contributed by atoms with Crippen LogP contribution in [-0.2, 0) is 6.54 Å². The smallest absolute Gasteiger partial charge is 0.279 e. The highest BCUT2D eigenvalue weighted by molar-refractivity contribution is 7.09. The number of amides is 1. The van der Waals surface area contributed by atoms with E-state index in [1.807, 2.05) is 12.1 Å². The van der Waals surface area contributed by atoms with Crippen molar-refractivity contribution in [3.63, 3.8) is 0 Å². The molecule has 3 heterocycles. The van der Waals surface area contributed by atoms with Crippen molar-refractivity contribution in [2.75, 3.05) is 12.4 Å². The number of carbonyl (C=O) groups is 2. The van der Waals surface area contributed by atoms with Crippen molar-refractivity contribution >= 4 is 28.8 Å². The molecule has 0 saturated heterocycles. The molecule has 31 heavy (non-hydrogen) atoms. The van der Waals surface area contributed by atoms with Crippen LogP contribution in [-0.4, -0.2) is 38.5 Å². The predicted molar refractivity (Wildman–Crippen MR) is 115 cm³/mol. The van der Waals surface area contributed by atoms with Gasteiger partial charge >= 0.3 is 0 Å². The predicted octanol–water partition coefficient (Wildman–Crippen LogP) is 3.81. The minimum Gasteiger partial charge on any atom is -0.497 e. The highest BCUT2D eigenvalue weighted by Crippen LogP contribution is 2.28. The standard InChI is InChI=1S/C21H19N5O4S/c1-12(27)16-11-31-18(23-16)10-26-8-7-17(25-26)24-21(28)19-20(30-13(2)22-19)14-5-4-6-15(9-14)29-3/h4-9,11H,10H2,1-3H3,(H,24,25,28). The molecule has 0 unspecified atom stereocenters. The molecule has 0 aliphatic heterocycles. The number of ether oxygens (including phenoxy) is 1. The normalized spacial score (nSPS) is 10.8. The van der Waals surface area contributed by atoms with Crippen LogP contribution in [0.3, 0.4) is 0 Å². The summed E-state index contributed by atoms with van der Waals surface area (Å²) >= 11 is 1.39. The average molecular weight is 437 g/mol. The number of carbonyl (C=O) groups excluding carboxylic acids is 2. The molecule has 0 radical (unpaired) electrons. The zero-order chi connectivity index (χ0) is 22.0. The lowest BCUT2D eigenvalue weighted by molar-refractivity contribution is 0.100. The van der Waals surface area contributed by atoms with Crippen LogP contribution >= 0.6 is 11.3 Å². The van der Waals surface area contributed by atoms with Crippen LogP contribution < -0.4 is 10.1 Å². The van der Waals surface area contributed by atoms with Gasteiger partial charge in [0, 0.05) is 37.1 Å². The first-order chi connectivity index (χ1) is 14.9. The number of aromatic nitrogens is 4. The molecule has 0 fully saturated rings. The van der Waals surface area contributed by atoms with Gasteiger partial charge in [-0.15, -0.1) is 11.3 Å². The van der Waals surface area contributed by atoms with E-state index >= 15 is 0 Å². The zero-order valence-corrected chi connectivity index (χ0v) is 17.9. The Bertz CT molecular complexity index is 1260. The molecule has 0 atom stereocenters. The molecule has 0 saturated carbocycles. The molecular formula is C21H19N5O4S. The monoisotopic (exact) mass is 437 g/mol. The Balaban J connectivity index is 1.51. The fraction of sp³-hybridized carbons (Fsp3) is 0.190. The van der Waals surface area contributed by atoms with Gasteiger partial charge in [-0.1, -0.05) is 12.1 Å². The number of ketones is 1. The summed E-state index contributed by atoms with van der Waals surface area (Å²) in [6.07, 6.45) is 1.72.